The van der Waals surface area contributed by atoms with Crippen molar-refractivity contribution in [2.45, 2.75) is 97.4 Å². The number of carbonyl (C=O) groups is 3. The number of anilines is 1. The number of thiazole rings is 1. The molecule has 14 nitrogen and oxygen atoms in total. The number of nitrogens with one attached hydrogen (secondary N) is 2. The SMILES string of the molecule is Cc1ncsc1-c1ccc(CNC(=O)[C@@H]2CC(C)CN2C(=O)[C@@H](NC(=O)COCCCCOc2ccc(C3CCN(c4ccc5nnc(C(F)(F)F)n5n4)CC3)cc2)C(C)(C)C)cc1. The lowest BCUT2D eigenvalue weighted by atomic mass is 9.85. The van der Waals surface area contributed by atoms with Gasteiger partial charge in [-0.3, -0.25) is 14.4 Å². The molecule has 18 heteroatoms. The Bertz CT molecular complexity index is 2370. The predicted octanol–water partition coefficient (Wildman–Crippen LogP) is 7.22. The maximum atomic E-state index is 14.1. The molecule has 0 saturated carbocycles. The Hall–Kier alpha value is -5.62. The molecule has 0 bridgehead atoms. The third-order valence-corrected chi connectivity index (χ3v) is 12.8. The number of amides is 3. The fourth-order valence-electron chi connectivity index (χ4n) is 8.28. The summed E-state index contributed by atoms with van der Waals surface area (Å²) in [6.45, 7) is 12.3. The second kappa shape index (κ2) is 20.0. The van der Waals surface area contributed by atoms with Crippen LogP contribution in [0, 0.1) is 18.3 Å². The van der Waals surface area contributed by atoms with Crippen LogP contribution in [-0.4, -0.2) is 99.0 Å². The molecule has 2 aliphatic heterocycles. The number of ether oxygens (including phenoxy) is 2. The zero-order valence-electron chi connectivity index (χ0n) is 36.9. The van der Waals surface area contributed by atoms with Gasteiger partial charge in [0.2, 0.25) is 17.7 Å². The second-order valence-electron chi connectivity index (χ2n) is 17.8. The number of carbonyl (C=O) groups excluding carboxylic acids is 3. The van der Waals surface area contributed by atoms with E-state index in [0.717, 1.165) is 44.8 Å². The minimum absolute atomic E-state index is 0.0475. The summed E-state index contributed by atoms with van der Waals surface area (Å²) in [7, 11) is 0. The lowest BCUT2D eigenvalue weighted by Crippen LogP contribution is -2.58. The lowest BCUT2D eigenvalue weighted by Gasteiger charge is -2.35. The zero-order valence-corrected chi connectivity index (χ0v) is 37.7. The van der Waals surface area contributed by atoms with E-state index < -0.39 is 35.4 Å². The van der Waals surface area contributed by atoms with E-state index in [1.165, 1.54) is 11.6 Å². The van der Waals surface area contributed by atoms with Gasteiger partial charge in [-0.2, -0.15) is 17.7 Å². The maximum absolute atomic E-state index is 14.1. The summed E-state index contributed by atoms with van der Waals surface area (Å²) in [5.74, 6) is -0.414. The normalized spacial score (nSPS) is 17.8. The molecule has 5 heterocycles. The third-order valence-electron chi connectivity index (χ3n) is 11.8. The minimum Gasteiger partial charge on any atom is -0.494 e. The highest BCUT2D eigenvalue weighted by Gasteiger charge is 2.44. The van der Waals surface area contributed by atoms with E-state index in [4.69, 9.17) is 9.47 Å². The number of fused-ring (bicyclic) bond motifs is 1. The monoisotopic (exact) mass is 903 g/mol. The molecule has 0 aliphatic carbocycles. The quantitative estimate of drug-likeness (QED) is 0.0971. The summed E-state index contributed by atoms with van der Waals surface area (Å²) in [5.41, 5.74) is 5.44. The number of rotatable bonds is 16. The van der Waals surface area contributed by atoms with E-state index in [-0.39, 0.29) is 30.0 Å². The van der Waals surface area contributed by atoms with Gasteiger partial charge in [0.05, 0.1) is 22.7 Å². The average molecular weight is 904 g/mol. The van der Waals surface area contributed by atoms with Gasteiger partial charge in [-0.15, -0.1) is 26.6 Å². The summed E-state index contributed by atoms with van der Waals surface area (Å²) < 4.78 is 52.4. The van der Waals surface area contributed by atoms with Crippen LogP contribution < -0.4 is 20.3 Å². The summed E-state index contributed by atoms with van der Waals surface area (Å²) in [5, 5.41) is 17.0. The Labute approximate surface area is 374 Å². The van der Waals surface area contributed by atoms with Crippen molar-refractivity contribution in [2.24, 2.45) is 11.3 Å². The Morgan fingerprint density at radius 3 is 2.33 bits per heavy atom. The van der Waals surface area contributed by atoms with Crippen LogP contribution in [0.1, 0.15) is 88.4 Å². The van der Waals surface area contributed by atoms with Crippen molar-refractivity contribution in [3.05, 3.63) is 88.8 Å². The zero-order chi connectivity index (χ0) is 45.6. The Balaban J connectivity index is 0.799. The first-order valence-corrected chi connectivity index (χ1v) is 22.6. The van der Waals surface area contributed by atoms with Crippen LogP contribution in [0.4, 0.5) is 19.0 Å². The largest absolute Gasteiger partial charge is 0.494 e. The molecule has 1 unspecified atom stereocenters. The van der Waals surface area contributed by atoms with E-state index in [9.17, 15) is 27.6 Å². The van der Waals surface area contributed by atoms with Crippen LogP contribution in [0.3, 0.4) is 0 Å². The van der Waals surface area contributed by atoms with E-state index in [1.54, 1.807) is 22.3 Å². The molecule has 3 amide bonds. The van der Waals surface area contributed by atoms with Gasteiger partial charge >= 0.3 is 6.18 Å². The molecular formula is C46H56F3N9O5S. The van der Waals surface area contributed by atoms with Crippen molar-refractivity contribution >= 4 is 40.5 Å². The van der Waals surface area contributed by atoms with E-state index in [1.807, 2.05) is 81.4 Å². The standard InChI is InChI=1S/C46H56F3N9O5S/c1-29-24-36(42(60)50-25-31-8-10-34(11-9-31)40-30(2)51-28-64-40)57(26-29)43(61)41(45(3,4)5)52-39(59)27-62-22-6-7-23-63-35-14-12-32(13-15-35)33-18-20-56(21-19-33)38-17-16-37-53-54-44(46(47,48)49)58(37)55-38/h8-17,28-29,33,36,41H,6-7,18-27H2,1-5H3,(H,50,60)(H,52,59)/t29?,36-,41+/m0/s1. The molecule has 342 valence electrons. The van der Waals surface area contributed by atoms with Crippen molar-refractivity contribution in [3.63, 3.8) is 0 Å². The van der Waals surface area contributed by atoms with Gasteiger partial charge in [0, 0.05) is 32.8 Å². The molecule has 2 saturated heterocycles. The van der Waals surface area contributed by atoms with Gasteiger partial charge in [0.15, 0.2) is 5.65 Å². The lowest BCUT2D eigenvalue weighted by molar-refractivity contribution is -0.146. The highest BCUT2D eigenvalue weighted by Crippen LogP contribution is 2.33. The minimum atomic E-state index is -4.65. The van der Waals surface area contributed by atoms with Crippen LogP contribution >= 0.6 is 11.3 Å². The molecule has 2 aromatic carbocycles. The van der Waals surface area contributed by atoms with Crippen molar-refractivity contribution in [3.8, 4) is 16.2 Å². The van der Waals surface area contributed by atoms with Crippen molar-refractivity contribution in [2.75, 3.05) is 44.4 Å². The first kappa shape index (κ1) is 46.4. The number of alkyl halides is 3. The number of nitrogens with zero attached hydrogens (tertiary/aromatic N) is 7. The number of benzene rings is 2. The number of unbranched alkanes of at least 4 members (excludes halogenated alkanes) is 1. The van der Waals surface area contributed by atoms with Crippen molar-refractivity contribution < 1.29 is 37.0 Å². The van der Waals surface area contributed by atoms with Gasteiger partial charge in [-0.25, -0.2) is 4.98 Å². The van der Waals surface area contributed by atoms with E-state index in [0.29, 0.717) is 70.4 Å². The molecule has 64 heavy (non-hydrogen) atoms. The van der Waals surface area contributed by atoms with Gasteiger partial charge < -0.3 is 29.9 Å². The van der Waals surface area contributed by atoms with Crippen molar-refractivity contribution in [1.82, 2.24) is 40.3 Å². The van der Waals surface area contributed by atoms with Gasteiger partial charge in [-0.05, 0) is 97.2 Å². The summed E-state index contributed by atoms with van der Waals surface area (Å²) in [6.07, 6.45) is -1.09. The number of aromatic nitrogens is 5. The van der Waals surface area contributed by atoms with Crippen LogP contribution in [0.2, 0.25) is 0 Å². The van der Waals surface area contributed by atoms with E-state index >= 15 is 0 Å². The Morgan fingerprint density at radius 1 is 0.938 bits per heavy atom. The first-order valence-electron chi connectivity index (χ1n) is 21.8. The molecule has 0 spiro atoms. The molecular weight excluding hydrogens is 848 g/mol. The molecule has 3 atom stereocenters. The summed E-state index contributed by atoms with van der Waals surface area (Å²) >= 11 is 1.59. The molecule has 5 aromatic rings. The molecule has 2 fully saturated rings. The third kappa shape index (κ3) is 11.4. The van der Waals surface area contributed by atoms with Gasteiger partial charge in [0.1, 0.15) is 30.3 Å². The fourth-order valence-corrected chi connectivity index (χ4v) is 9.09. The number of halogens is 3. The molecule has 0 radical (unpaired) electrons. The number of piperidine rings is 1. The highest BCUT2D eigenvalue weighted by atomic mass is 32.1. The van der Waals surface area contributed by atoms with Gasteiger partial charge in [0.25, 0.3) is 5.82 Å². The topological polar surface area (TPSA) is 156 Å². The van der Waals surface area contributed by atoms with Gasteiger partial charge in [-0.1, -0.05) is 64.1 Å². The number of likely N-dealkylation sites (tertiary alicyclic amines) is 1. The van der Waals surface area contributed by atoms with Crippen LogP contribution in [0.15, 0.2) is 66.2 Å². The van der Waals surface area contributed by atoms with Crippen molar-refractivity contribution in [1.29, 1.82) is 0 Å². The number of hydrogen-bond donors (Lipinski definition) is 2. The number of hydrogen-bond acceptors (Lipinski definition) is 11. The smallest absolute Gasteiger partial charge is 0.453 e. The first-order chi connectivity index (χ1) is 30.5. The molecule has 7 rings (SSSR count). The number of aryl methyl sites for hydroxylation is 1. The van der Waals surface area contributed by atoms with Crippen LogP contribution in [0.25, 0.3) is 16.1 Å². The Kier molecular flexibility index (Phi) is 14.5. The maximum Gasteiger partial charge on any atom is 0.453 e. The fraction of sp³-hybridized carbons (Fsp3) is 0.500. The average Bonchev–Trinajstić information content (AvgIpc) is 4.02. The highest BCUT2D eigenvalue weighted by molar-refractivity contribution is 7.13. The summed E-state index contributed by atoms with van der Waals surface area (Å²) in [4.78, 5) is 49.7. The molecule has 2 aliphatic rings. The summed E-state index contributed by atoms with van der Waals surface area (Å²) in [6, 6.07) is 17.7. The Morgan fingerprint density at radius 2 is 1.66 bits per heavy atom. The van der Waals surface area contributed by atoms with Crippen LogP contribution in [0.5, 0.6) is 5.75 Å². The van der Waals surface area contributed by atoms with Crippen LogP contribution in [-0.2, 0) is 31.8 Å². The van der Waals surface area contributed by atoms with E-state index in [2.05, 4.69) is 43.0 Å². The second-order valence-corrected chi connectivity index (χ2v) is 18.7. The molecule has 2 N–H and O–H groups in total. The predicted molar refractivity (Wildman–Crippen MR) is 237 cm³/mol. The molecule has 3 aromatic heterocycles.